The van der Waals surface area contributed by atoms with Crippen molar-refractivity contribution in [3.05, 3.63) is 46.8 Å². The molecule has 2 saturated heterocycles. The minimum atomic E-state index is -2.74. The number of hydrogen-bond donors (Lipinski definition) is 2. The van der Waals surface area contributed by atoms with Gasteiger partial charge in [-0.15, -0.1) is 0 Å². The number of pyridine rings is 1. The number of methoxy groups -OCH3 is 2. The van der Waals surface area contributed by atoms with E-state index in [4.69, 9.17) is 14.5 Å². The minimum absolute atomic E-state index is 0.399. The van der Waals surface area contributed by atoms with E-state index in [1.165, 1.54) is 17.6 Å². The maximum absolute atomic E-state index is 13.3. The first-order valence-corrected chi connectivity index (χ1v) is 18.7. The fraction of sp³-hybridized carbons (Fsp3) is 0.484. The van der Waals surface area contributed by atoms with E-state index in [9.17, 15) is 4.57 Å². The number of aromatic nitrogens is 5. The Morgan fingerprint density at radius 2 is 1.84 bits per heavy atom. The van der Waals surface area contributed by atoms with Gasteiger partial charge in [0.1, 0.15) is 30.5 Å². The van der Waals surface area contributed by atoms with Crippen LogP contribution < -0.4 is 25.7 Å². The zero-order chi connectivity index (χ0) is 31.7. The molecule has 0 unspecified atom stereocenters. The van der Waals surface area contributed by atoms with Crippen LogP contribution in [0, 0.1) is 5.92 Å². The van der Waals surface area contributed by atoms with Gasteiger partial charge in [-0.05, 0) is 72.3 Å². The highest BCUT2D eigenvalue weighted by Gasteiger charge is 2.34. The Morgan fingerprint density at radius 1 is 1.07 bits per heavy atom. The first kappa shape index (κ1) is 31.7. The molecule has 0 bridgehead atoms. The van der Waals surface area contributed by atoms with Crippen molar-refractivity contribution in [2.45, 2.75) is 32.2 Å². The Labute approximate surface area is 272 Å². The monoisotopic (exact) mass is 697 g/mol. The summed E-state index contributed by atoms with van der Waals surface area (Å²) in [6.07, 6.45) is 6.34. The number of nitrogens with one attached hydrogen (secondary N) is 2. The quantitative estimate of drug-likeness (QED) is 0.203. The average Bonchev–Trinajstić information content (AvgIpc) is 3.48. The van der Waals surface area contributed by atoms with Crippen LogP contribution in [0.15, 0.2) is 41.3 Å². The number of fused-ring (bicyclic) bond motifs is 1. The molecule has 0 atom stereocenters. The molecular weight excluding hydrogens is 657 g/mol. The first-order valence-electron chi connectivity index (χ1n) is 15.3. The number of piperidine rings is 1. The van der Waals surface area contributed by atoms with Crippen molar-refractivity contribution in [1.29, 1.82) is 0 Å². The van der Waals surface area contributed by atoms with Gasteiger partial charge in [0.25, 0.3) is 0 Å². The van der Waals surface area contributed by atoms with Crippen LogP contribution in [0.5, 0.6) is 5.75 Å². The molecule has 240 valence electrons. The van der Waals surface area contributed by atoms with Gasteiger partial charge in [-0.2, -0.15) is 10.1 Å². The summed E-state index contributed by atoms with van der Waals surface area (Å²) >= 11 is 3.57. The zero-order valence-electron chi connectivity index (χ0n) is 26.5. The van der Waals surface area contributed by atoms with Gasteiger partial charge in [-0.3, -0.25) is 4.90 Å². The van der Waals surface area contributed by atoms with Gasteiger partial charge in [0.2, 0.25) is 5.95 Å². The van der Waals surface area contributed by atoms with Crippen LogP contribution in [-0.2, 0) is 15.7 Å². The number of benzene rings is 1. The second-order valence-electron chi connectivity index (χ2n) is 12.1. The molecule has 14 heteroatoms. The minimum Gasteiger partial charge on any atom is -0.494 e. The third-order valence-corrected chi connectivity index (χ3v) is 10.7. The van der Waals surface area contributed by atoms with Crippen molar-refractivity contribution >= 4 is 63.0 Å². The standard InChI is InChI=1S/C31H41BrN9O3P/c1-6-21-13-25(27(44-3)14-26(21)39-11-9-22(10-12-39)40-16-20(17-40)18-43-2)37-31-33-15-23(32)29(38-31)36-24-7-8-28-34-19-35-41(28)30(24)45(4,5)42/h7-8,13-15,19-20,22H,6,9-12,16-18H2,1-5H3,(H2,33,36,37,38). The van der Waals surface area contributed by atoms with E-state index >= 15 is 0 Å². The zero-order valence-corrected chi connectivity index (χ0v) is 28.9. The molecule has 0 radical (unpaired) electrons. The molecule has 0 spiro atoms. The maximum atomic E-state index is 13.3. The normalized spacial score (nSPS) is 16.6. The topological polar surface area (TPSA) is 122 Å². The highest BCUT2D eigenvalue weighted by atomic mass is 79.9. The lowest BCUT2D eigenvalue weighted by molar-refractivity contribution is -0.000668. The van der Waals surface area contributed by atoms with Crippen LogP contribution in [0.3, 0.4) is 0 Å². The first-order chi connectivity index (χ1) is 21.7. The summed E-state index contributed by atoms with van der Waals surface area (Å²) in [6, 6.07) is 8.60. The van der Waals surface area contributed by atoms with Crippen LogP contribution in [0.2, 0.25) is 0 Å². The fourth-order valence-corrected chi connectivity index (χ4v) is 8.04. The Hall–Kier alpha value is -3.25. The van der Waals surface area contributed by atoms with Gasteiger partial charge in [-0.1, -0.05) is 6.92 Å². The lowest BCUT2D eigenvalue weighted by atomic mass is 9.93. The van der Waals surface area contributed by atoms with E-state index in [1.54, 1.807) is 38.3 Å². The molecule has 6 rings (SSSR count). The largest absolute Gasteiger partial charge is 0.494 e. The number of ether oxygens (including phenoxy) is 2. The van der Waals surface area contributed by atoms with E-state index in [0.717, 1.165) is 63.5 Å². The molecule has 2 aliphatic rings. The molecule has 5 heterocycles. The van der Waals surface area contributed by atoms with E-state index in [2.05, 4.69) is 70.5 Å². The molecule has 12 nitrogen and oxygen atoms in total. The van der Waals surface area contributed by atoms with E-state index < -0.39 is 7.14 Å². The summed E-state index contributed by atoms with van der Waals surface area (Å²) in [5.74, 6) is 2.33. The molecule has 2 fully saturated rings. The van der Waals surface area contributed by atoms with Crippen LogP contribution in [0.4, 0.5) is 28.8 Å². The molecule has 0 saturated carbocycles. The van der Waals surface area contributed by atoms with Crippen molar-refractivity contribution in [1.82, 2.24) is 29.5 Å². The van der Waals surface area contributed by atoms with E-state index in [1.807, 2.05) is 12.1 Å². The second kappa shape index (κ2) is 13.2. The number of anilines is 5. The smallest absolute Gasteiger partial charge is 0.229 e. The second-order valence-corrected chi connectivity index (χ2v) is 16.1. The fourth-order valence-electron chi connectivity index (χ4n) is 6.43. The predicted molar refractivity (Wildman–Crippen MR) is 183 cm³/mol. The highest BCUT2D eigenvalue weighted by molar-refractivity contribution is 9.10. The van der Waals surface area contributed by atoms with Gasteiger partial charge in [-0.25, -0.2) is 14.5 Å². The molecule has 1 aromatic carbocycles. The van der Waals surface area contributed by atoms with Crippen molar-refractivity contribution in [3.63, 3.8) is 0 Å². The summed E-state index contributed by atoms with van der Waals surface area (Å²) in [5.41, 5.74) is 5.08. The van der Waals surface area contributed by atoms with Crippen molar-refractivity contribution in [2.24, 2.45) is 5.92 Å². The SMILES string of the molecule is CCc1cc(Nc2ncc(Br)c(Nc3ccc4ncnn4c3P(C)(C)=O)n2)c(OC)cc1N1CCC(N2CC(COC)C2)CC1. The lowest BCUT2D eigenvalue weighted by Gasteiger charge is -2.47. The molecule has 4 aromatic rings. The summed E-state index contributed by atoms with van der Waals surface area (Å²) in [6.45, 7) is 10.8. The molecule has 0 aliphatic carbocycles. The lowest BCUT2D eigenvalue weighted by Crippen LogP contribution is -2.56. The van der Waals surface area contributed by atoms with Gasteiger partial charge >= 0.3 is 0 Å². The van der Waals surface area contributed by atoms with Gasteiger partial charge in [0.05, 0.1) is 29.6 Å². The number of nitrogens with zero attached hydrogens (tertiary/aromatic N) is 7. The third-order valence-electron chi connectivity index (χ3n) is 8.66. The van der Waals surface area contributed by atoms with E-state index in [0.29, 0.717) is 45.0 Å². The van der Waals surface area contributed by atoms with Crippen LogP contribution in [0.25, 0.3) is 5.65 Å². The molecule has 2 aliphatic heterocycles. The highest BCUT2D eigenvalue weighted by Crippen LogP contribution is 2.40. The Balaban J connectivity index is 1.20. The Bertz CT molecular complexity index is 1710. The molecular formula is C31H41BrN9O3P. The van der Waals surface area contributed by atoms with Crippen molar-refractivity contribution in [3.8, 4) is 5.75 Å². The predicted octanol–water partition coefficient (Wildman–Crippen LogP) is 5.14. The molecule has 3 aromatic heterocycles. The summed E-state index contributed by atoms with van der Waals surface area (Å²) in [7, 11) is 0.739. The third kappa shape index (κ3) is 6.67. The van der Waals surface area contributed by atoms with Crippen LogP contribution in [-0.4, -0.2) is 95.8 Å². The van der Waals surface area contributed by atoms with Crippen molar-refractivity contribution in [2.75, 3.05) is 75.9 Å². The molecule has 45 heavy (non-hydrogen) atoms. The maximum Gasteiger partial charge on any atom is 0.229 e. The summed E-state index contributed by atoms with van der Waals surface area (Å²) in [5, 5.41) is 11.0. The number of likely N-dealkylation sites (tertiary alicyclic amines) is 1. The van der Waals surface area contributed by atoms with Crippen LogP contribution in [0.1, 0.15) is 25.3 Å². The number of rotatable bonds is 11. The van der Waals surface area contributed by atoms with Gasteiger partial charge < -0.3 is 29.6 Å². The van der Waals surface area contributed by atoms with Crippen molar-refractivity contribution < 1.29 is 14.0 Å². The Morgan fingerprint density at radius 3 is 2.53 bits per heavy atom. The van der Waals surface area contributed by atoms with Crippen LogP contribution >= 0.6 is 23.1 Å². The number of aryl methyl sites for hydroxylation is 1. The molecule has 2 N–H and O–H groups in total. The number of halogens is 1. The van der Waals surface area contributed by atoms with Gasteiger partial charge in [0, 0.05) is 63.2 Å². The number of hydrogen-bond acceptors (Lipinski definition) is 11. The van der Waals surface area contributed by atoms with E-state index in [-0.39, 0.29) is 0 Å². The Kier molecular flexibility index (Phi) is 9.33. The van der Waals surface area contributed by atoms with Gasteiger partial charge in [0.15, 0.2) is 5.65 Å². The average molecular weight is 699 g/mol. The summed E-state index contributed by atoms with van der Waals surface area (Å²) < 4.78 is 26.8. The summed E-state index contributed by atoms with van der Waals surface area (Å²) in [4.78, 5) is 18.6. The molecule has 0 amide bonds.